The largest absolute Gasteiger partial charge is 0.493 e. The molecule has 0 radical (unpaired) electrons. The molecule has 236 valence electrons. The van der Waals surface area contributed by atoms with Crippen LogP contribution in [0.2, 0.25) is 0 Å². The molecule has 41 heavy (non-hydrogen) atoms. The van der Waals surface area contributed by atoms with Crippen molar-refractivity contribution in [3.63, 3.8) is 0 Å². The summed E-state index contributed by atoms with van der Waals surface area (Å²) in [6.07, 6.45) is 26.7. The SMILES string of the molecule is CCCCCCCCCCOc1ccc(OC(=O)CCCCCCCCC)c(OC(=O)CCCCCCCCC)c1. The second kappa shape index (κ2) is 26.8. The third-order valence-corrected chi connectivity index (χ3v) is 7.60. The highest BCUT2D eigenvalue weighted by Gasteiger charge is 2.15. The number of unbranched alkanes of at least 4 members (excludes halogenated alkanes) is 19. The van der Waals surface area contributed by atoms with Crippen LogP contribution >= 0.6 is 0 Å². The Labute approximate surface area is 252 Å². The molecule has 0 aliphatic carbocycles. The second-order valence-corrected chi connectivity index (χ2v) is 11.6. The molecule has 5 heteroatoms. The number of carbonyl (C=O) groups is 2. The molecule has 0 heterocycles. The van der Waals surface area contributed by atoms with Gasteiger partial charge in [0.2, 0.25) is 0 Å². The molecule has 0 fully saturated rings. The third-order valence-electron chi connectivity index (χ3n) is 7.60. The maximum Gasteiger partial charge on any atom is 0.311 e. The lowest BCUT2D eigenvalue weighted by atomic mass is 10.1. The Bertz CT molecular complexity index is 775. The highest BCUT2D eigenvalue weighted by Crippen LogP contribution is 2.33. The Kier molecular flexibility index (Phi) is 24.2. The smallest absolute Gasteiger partial charge is 0.311 e. The third kappa shape index (κ3) is 21.3. The molecule has 0 unspecified atom stereocenters. The van der Waals surface area contributed by atoms with Crippen LogP contribution < -0.4 is 14.2 Å². The number of carbonyl (C=O) groups excluding carboxylic acids is 2. The molecule has 0 bridgehead atoms. The van der Waals surface area contributed by atoms with Crippen LogP contribution in [-0.4, -0.2) is 18.5 Å². The average molecular weight is 575 g/mol. The summed E-state index contributed by atoms with van der Waals surface area (Å²) < 4.78 is 17.3. The van der Waals surface area contributed by atoms with Crippen LogP contribution in [0.15, 0.2) is 18.2 Å². The highest BCUT2D eigenvalue weighted by atomic mass is 16.6. The normalized spacial score (nSPS) is 11.0. The molecular weight excluding hydrogens is 512 g/mol. The van der Waals surface area contributed by atoms with Crippen LogP contribution in [0.1, 0.15) is 175 Å². The molecule has 0 amide bonds. The van der Waals surface area contributed by atoms with Crippen molar-refractivity contribution >= 4 is 11.9 Å². The summed E-state index contributed by atoms with van der Waals surface area (Å²) in [7, 11) is 0. The molecule has 0 aliphatic rings. The highest BCUT2D eigenvalue weighted by molar-refractivity contribution is 5.76. The van der Waals surface area contributed by atoms with E-state index in [0.717, 1.165) is 51.4 Å². The number of hydrogen-bond donors (Lipinski definition) is 0. The van der Waals surface area contributed by atoms with E-state index in [-0.39, 0.29) is 17.7 Å². The van der Waals surface area contributed by atoms with E-state index in [0.29, 0.717) is 30.9 Å². The fraction of sp³-hybridized carbons (Fsp3) is 0.778. The molecule has 0 atom stereocenters. The Balaban J connectivity index is 2.56. The first-order chi connectivity index (χ1) is 20.1. The predicted molar refractivity (Wildman–Crippen MR) is 171 cm³/mol. The molecule has 0 N–H and O–H groups in total. The van der Waals surface area contributed by atoms with Gasteiger partial charge in [0.05, 0.1) is 6.61 Å². The molecule has 1 rings (SSSR count). The van der Waals surface area contributed by atoms with Crippen molar-refractivity contribution in [2.75, 3.05) is 6.61 Å². The average Bonchev–Trinajstić information content (AvgIpc) is 2.96. The zero-order valence-corrected chi connectivity index (χ0v) is 27.0. The second-order valence-electron chi connectivity index (χ2n) is 11.6. The maximum atomic E-state index is 12.6. The first-order valence-electron chi connectivity index (χ1n) is 17.3. The molecule has 5 nitrogen and oxygen atoms in total. The summed E-state index contributed by atoms with van der Waals surface area (Å²) in [5, 5.41) is 0. The molecule has 0 saturated heterocycles. The van der Waals surface area contributed by atoms with E-state index in [2.05, 4.69) is 20.8 Å². The van der Waals surface area contributed by atoms with Crippen LogP contribution in [-0.2, 0) is 9.59 Å². The van der Waals surface area contributed by atoms with Crippen molar-refractivity contribution in [2.24, 2.45) is 0 Å². The van der Waals surface area contributed by atoms with Gasteiger partial charge >= 0.3 is 11.9 Å². The van der Waals surface area contributed by atoms with Gasteiger partial charge in [-0.25, -0.2) is 0 Å². The summed E-state index contributed by atoms with van der Waals surface area (Å²) in [5.41, 5.74) is 0. The van der Waals surface area contributed by atoms with Crippen LogP contribution in [0.5, 0.6) is 17.2 Å². The van der Waals surface area contributed by atoms with Gasteiger partial charge in [-0.05, 0) is 31.4 Å². The monoisotopic (exact) mass is 574 g/mol. The topological polar surface area (TPSA) is 61.8 Å². The van der Waals surface area contributed by atoms with Gasteiger partial charge in [-0.1, -0.05) is 143 Å². The molecular formula is C36H62O5. The standard InChI is InChI=1S/C36H62O5/c1-4-7-10-13-16-19-22-25-30-39-32-28-29-33(40-35(37)26-23-20-17-14-11-8-5-2)34(31-32)41-36(38)27-24-21-18-15-12-9-6-3/h28-29,31H,4-27,30H2,1-3H3. The summed E-state index contributed by atoms with van der Waals surface area (Å²) >= 11 is 0. The lowest BCUT2D eigenvalue weighted by molar-refractivity contribution is -0.137. The molecule has 0 aromatic heterocycles. The molecule has 0 aliphatic heterocycles. The van der Waals surface area contributed by atoms with Gasteiger partial charge in [0.1, 0.15) is 5.75 Å². The van der Waals surface area contributed by atoms with Crippen molar-refractivity contribution in [3.8, 4) is 17.2 Å². The van der Waals surface area contributed by atoms with Crippen molar-refractivity contribution < 1.29 is 23.8 Å². The van der Waals surface area contributed by atoms with Crippen molar-refractivity contribution in [3.05, 3.63) is 18.2 Å². The number of hydrogen-bond acceptors (Lipinski definition) is 5. The minimum Gasteiger partial charge on any atom is -0.493 e. The van der Waals surface area contributed by atoms with E-state index in [4.69, 9.17) is 14.2 Å². The lowest BCUT2D eigenvalue weighted by Crippen LogP contribution is -2.12. The van der Waals surface area contributed by atoms with Gasteiger partial charge in [0.25, 0.3) is 0 Å². The minimum absolute atomic E-state index is 0.277. The molecule has 1 aromatic rings. The molecule has 0 saturated carbocycles. The van der Waals surface area contributed by atoms with E-state index in [9.17, 15) is 9.59 Å². The molecule has 0 spiro atoms. The first kappa shape index (κ1) is 37.0. The van der Waals surface area contributed by atoms with Gasteiger partial charge in [-0.15, -0.1) is 0 Å². The van der Waals surface area contributed by atoms with E-state index < -0.39 is 0 Å². The minimum atomic E-state index is -0.289. The lowest BCUT2D eigenvalue weighted by Gasteiger charge is -2.13. The predicted octanol–water partition coefficient (Wildman–Crippen LogP) is 11.3. The van der Waals surface area contributed by atoms with Gasteiger partial charge in [-0.3, -0.25) is 9.59 Å². The maximum absolute atomic E-state index is 12.6. The summed E-state index contributed by atoms with van der Waals surface area (Å²) in [5.74, 6) is 0.641. The number of esters is 2. The van der Waals surface area contributed by atoms with Crippen LogP contribution in [0.3, 0.4) is 0 Å². The van der Waals surface area contributed by atoms with Gasteiger partial charge in [0, 0.05) is 18.9 Å². The summed E-state index contributed by atoms with van der Waals surface area (Å²) in [4.78, 5) is 25.2. The zero-order valence-electron chi connectivity index (χ0n) is 27.0. The summed E-state index contributed by atoms with van der Waals surface area (Å²) in [6, 6.07) is 5.19. The Morgan fingerprint density at radius 2 is 0.878 bits per heavy atom. The van der Waals surface area contributed by atoms with Gasteiger partial charge in [0.15, 0.2) is 11.5 Å². The quantitative estimate of drug-likeness (QED) is 0.0566. The van der Waals surface area contributed by atoms with Crippen LogP contribution in [0.25, 0.3) is 0 Å². The van der Waals surface area contributed by atoms with Crippen LogP contribution in [0.4, 0.5) is 0 Å². The Hall–Kier alpha value is -2.04. The molecule has 1 aromatic carbocycles. The van der Waals surface area contributed by atoms with E-state index >= 15 is 0 Å². The van der Waals surface area contributed by atoms with E-state index in [1.54, 1.807) is 18.2 Å². The fourth-order valence-electron chi connectivity index (χ4n) is 4.97. The summed E-state index contributed by atoms with van der Waals surface area (Å²) in [6.45, 7) is 7.30. The number of ether oxygens (including phenoxy) is 3. The Morgan fingerprint density at radius 1 is 0.488 bits per heavy atom. The zero-order chi connectivity index (χ0) is 29.8. The van der Waals surface area contributed by atoms with Gasteiger partial charge < -0.3 is 14.2 Å². The Morgan fingerprint density at radius 3 is 1.34 bits per heavy atom. The van der Waals surface area contributed by atoms with Crippen molar-refractivity contribution in [1.29, 1.82) is 0 Å². The van der Waals surface area contributed by atoms with Crippen molar-refractivity contribution in [2.45, 2.75) is 175 Å². The van der Waals surface area contributed by atoms with E-state index in [1.165, 1.54) is 89.9 Å². The van der Waals surface area contributed by atoms with Crippen molar-refractivity contribution in [1.82, 2.24) is 0 Å². The number of rotatable bonds is 28. The van der Waals surface area contributed by atoms with Crippen LogP contribution in [0, 0.1) is 0 Å². The van der Waals surface area contributed by atoms with Gasteiger partial charge in [-0.2, -0.15) is 0 Å². The fourth-order valence-corrected chi connectivity index (χ4v) is 4.97. The number of benzene rings is 1. The first-order valence-corrected chi connectivity index (χ1v) is 17.3. The van der Waals surface area contributed by atoms with E-state index in [1.807, 2.05) is 0 Å².